The van der Waals surface area contributed by atoms with Crippen molar-refractivity contribution in [3.05, 3.63) is 0 Å². The molecule has 0 saturated heterocycles. The predicted octanol–water partition coefficient (Wildman–Crippen LogP) is 6.86. The molecular formula is C24H41IO. The molecule has 4 rings (SSSR count). The van der Waals surface area contributed by atoms with Crippen LogP contribution in [0.3, 0.4) is 0 Å². The molecule has 0 aromatic rings. The van der Waals surface area contributed by atoms with Gasteiger partial charge in [0.15, 0.2) is 0 Å². The molecule has 150 valence electrons. The fourth-order valence-electron chi connectivity index (χ4n) is 8.81. The lowest BCUT2D eigenvalue weighted by molar-refractivity contribution is -0.129. The van der Waals surface area contributed by atoms with Crippen LogP contribution in [0, 0.1) is 46.3 Å². The van der Waals surface area contributed by atoms with E-state index < -0.39 is 0 Å². The van der Waals surface area contributed by atoms with Crippen molar-refractivity contribution in [2.45, 2.75) is 97.5 Å². The molecular weight excluding hydrogens is 431 g/mol. The first kappa shape index (κ1) is 20.0. The Morgan fingerprint density at radius 3 is 2.46 bits per heavy atom. The third kappa shape index (κ3) is 3.12. The molecule has 0 aromatic carbocycles. The van der Waals surface area contributed by atoms with Gasteiger partial charge in [0.25, 0.3) is 0 Å². The first-order valence-corrected chi connectivity index (χ1v) is 13.2. The van der Waals surface area contributed by atoms with E-state index in [1.54, 1.807) is 0 Å². The van der Waals surface area contributed by atoms with Crippen LogP contribution >= 0.6 is 22.6 Å². The Morgan fingerprint density at radius 2 is 1.69 bits per heavy atom. The summed E-state index contributed by atoms with van der Waals surface area (Å²) in [6.45, 7) is 7.89. The zero-order valence-corrected chi connectivity index (χ0v) is 19.5. The van der Waals surface area contributed by atoms with Gasteiger partial charge in [-0.25, -0.2) is 0 Å². The molecule has 2 heteroatoms. The maximum atomic E-state index is 10.2. The normalized spacial score (nSPS) is 52.0. The van der Waals surface area contributed by atoms with Gasteiger partial charge in [-0.3, -0.25) is 0 Å². The standard InChI is InChI=1S/C24H41IO/c1-16(5-4-14-25)20-8-9-21-19-7-6-17-15-18(26)10-12-23(17,2)22(19)11-13-24(20,21)3/h16-22,26H,4-15H2,1-3H3/t16?,17-,18-,19?,20?,21?,22?,23-,24+/m0/s1. The molecule has 4 aliphatic rings. The van der Waals surface area contributed by atoms with E-state index in [4.69, 9.17) is 0 Å². The third-order valence-corrected chi connectivity index (χ3v) is 11.0. The zero-order chi connectivity index (χ0) is 18.5. The van der Waals surface area contributed by atoms with E-state index in [2.05, 4.69) is 43.4 Å². The second-order valence-corrected chi connectivity index (χ2v) is 12.2. The quantitative estimate of drug-likeness (QED) is 0.350. The second kappa shape index (κ2) is 7.50. The number of halogens is 1. The van der Waals surface area contributed by atoms with E-state index in [0.717, 1.165) is 48.3 Å². The highest BCUT2D eigenvalue weighted by atomic mass is 127. The molecule has 0 spiro atoms. The van der Waals surface area contributed by atoms with E-state index in [-0.39, 0.29) is 6.10 Å². The van der Waals surface area contributed by atoms with Gasteiger partial charge in [-0.15, -0.1) is 0 Å². The summed E-state index contributed by atoms with van der Waals surface area (Å²) in [5.41, 5.74) is 1.16. The lowest BCUT2D eigenvalue weighted by Gasteiger charge is -2.61. The fourth-order valence-corrected chi connectivity index (χ4v) is 9.25. The molecule has 9 atom stereocenters. The topological polar surface area (TPSA) is 20.2 Å². The van der Waals surface area contributed by atoms with Gasteiger partial charge in [-0.2, -0.15) is 0 Å². The number of hydrogen-bond acceptors (Lipinski definition) is 1. The number of alkyl halides is 1. The van der Waals surface area contributed by atoms with Crippen molar-refractivity contribution in [2.75, 3.05) is 4.43 Å². The molecule has 5 unspecified atom stereocenters. The van der Waals surface area contributed by atoms with Crippen LogP contribution in [-0.2, 0) is 0 Å². The highest BCUT2D eigenvalue weighted by Crippen LogP contribution is 2.68. The summed E-state index contributed by atoms with van der Waals surface area (Å²) in [5.74, 6) is 5.65. The Bertz CT molecular complexity index is 506. The lowest BCUT2D eigenvalue weighted by atomic mass is 9.44. The Labute approximate surface area is 175 Å². The van der Waals surface area contributed by atoms with Gasteiger partial charge in [0.1, 0.15) is 0 Å². The summed E-state index contributed by atoms with van der Waals surface area (Å²) in [6, 6.07) is 0. The minimum Gasteiger partial charge on any atom is -0.393 e. The fraction of sp³-hybridized carbons (Fsp3) is 1.00. The minimum atomic E-state index is -0.00639. The van der Waals surface area contributed by atoms with Crippen LogP contribution in [0.25, 0.3) is 0 Å². The molecule has 1 N–H and O–H groups in total. The van der Waals surface area contributed by atoms with Gasteiger partial charge in [0, 0.05) is 0 Å². The van der Waals surface area contributed by atoms with Crippen LogP contribution in [0.4, 0.5) is 0 Å². The van der Waals surface area contributed by atoms with Crippen LogP contribution in [0.5, 0.6) is 0 Å². The first-order valence-electron chi connectivity index (χ1n) is 11.6. The van der Waals surface area contributed by atoms with E-state index in [9.17, 15) is 5.11 Å². The molecule has 0 heterocycles. The number of rotatable bonds is 4. The molecule has 26 heavy (non-hydrogen) atoms. The average Bonchev–Trinajstić information content (AvgIpc) is 2.97. The van der Waals surface area contributed by atoms with Crippen molar-refractivity contribution in [3.8, 4) is 0 Å². The summed E-state index contributed by atoms with van der Waals surface area (Å²) >= 11 is 2.55. The van der Waals surface area contributed by atoms with Crippen molar-refractivity contribution < 1.29 is 5.11 Å². The first-order chi connectivity index (χ1) is 12.4. The number of fused-ring (bicyclic) bond motifs is 5. The SMILES string of the molecule is CC(CCCI)C1CCC2C3CC[C@H]4C[C@@H](O)CC[C@]4(C)C3CC[C@]12C. The summed E-state index contributed by atoms with van der Waals surface area (Å²) in [7, 11) is 0. The monoisotopic (exact) mass is 472 g/mol. The van der Waals surface area contributed by atoms with Gasteiger partial charge in [-0.1, -0.05) is 43.4 Å². The number of hydrogen-bond donors (Lipinski definition) is 1. The maximum absolute atomic E-state index is 10.2. The molecule has 4 aliphatic carbocycles. The van der Waals surface area contributed by atoms with Gasteiger partial charge in [0.05, 0.1) is 6.10 Å². The zero-order valence-electron chi connectivity index (χ0n) is 17.4. The maximum Gasteiger partial charge on any atom is 0.0543 e. The van der Waals surface area contributed by atoms with Crippen molar-refractivity contribution in [2.24, 2.45) is 46.3 Å². The Morgan fingerprint density at radius 1 is 0.962 bits per heavy atom. The molecule has 0 aromatic heterocycles. The number of aliphatic hydroxyl groups is 1. The van der Waals surface area contributed by atoms with Crippen LogP contribution in [0.1, 0.15) is 91.4 Å². The Hall–Kier alpha value is 0.690. The highest BCUT2D eigenvalue weighted by molar-refractivity contribution is 14.1. The molecule has 4 fully saturated rings. The predicted molar refractivity (Wildman–Crippen MR) is 119 cm³/mol. The van der Waals surface area contributed by atoms with Crippen molar-refractivity contribution >= 4 is 22.6 Å². The Kier molecular flexibility index (Phi) is 5.77. The molecule has 0 radical (unpaired) electrons. The van der Waals surface area contributed by atoms with Gasteiger partial charge < -0.3 is 5.11 Å². The summed E-state index contributed by atoms with van der Waals surface area (Å²) in [4.78, 5) is 0. The van der Waals surface area contributed by atoms with E-state index in [1.807, 2.05) is 0 Å². The summed E-state index contributed by atoms with van der Waals surface area (Å²) < 4.78 is 1.32. The van der Waals surface area contributed by atoms with Gasteiger partial charge >= 0.3 is 0 Å². The van der Waals surface area contributed by atoms with Crippen molar-refractivity contribution in [1.29, 1.82) is 0 Å². The summed E-state index contributed by atoms with van der Waals surface area (Å²) in [6.07, 6.45) is 15.2. The highest BCUT2D eigenvalue weighted by Gasteiger charge is 2.60. The average molecular weight is 472 g/mol. The van der Waals surface area contributed by atoms with E-state index >= 15 is 0 Å². The second-order valence-electron chi connectivity index (χ2n) is 11.1. The van der Waals surface area contributed by atoms with E-state index in [0.29, 0.717) is 10.8 Å². The van der Waals surface area contributed by atoms with Crippen LogP contribution in [-0.4, -0.2) is 15.6 Å². The summed E-state index contributed by atoms with van der Waals surface area (Å²) in [5, 5.41) is 10.2. The van der Waals surface area contributed by atoms with Gasteiger partial charge in [0.2, 0.25) is 0 Å². The van der Waals surface area contributed by atoms with Crippen molar-refractivity contribution in [3.63, 3.8) is 0 Å². The molecule has 1 nitrogen and oxygen atoms in total. The van der Waals surface area contributed by atoms with E-state index in [1.165, 1.54) is 62.2 Å². The lowest BCUT2D eigenvalue weighted by Crippen LogP contribution is -2.54. The van der Waals surface area contributed by atoms with Crippen LogP contribution in [0.15, 0.2) is 0 Å². The number of aliphatic hydroxyl groups excluding tert-OH is 1. The molecule has 0 amide bonds. The molecule has 0 aliphatic heterocycles. The van der Waals surface area contributed by atoms with Crippen molar-refractivity contribution in [1.82, 2.24) is 0 Å². The smallest absolute Gasteiger partial charge is 0.0543 e. The molecule has 4 saturated carbocycles. The van der Waals surface area contributed by atoms with Crippen LogP contribution < -0.4 is 0 Å². The Balaban J connectivity index is 1.52. The largest absolute Gasteiger partial charge is 0.393 e. The third-order valence-electron chi connectivity index (χ3n) is 10.2. The van der Waals surface area contributed by atoms with Gasteiger partial charge in [-0.05, 0) is 121 Å². The molecule has 0 bridgehead atoms. The van der Waals surface area contributed by atoms with Crippen LogP contribution in [0.2, 0.25) is 0 Å². The minimum absolute atomic E-state index is 0.00639.